The predicted octanol–water partition coefficient (Wildman–Crippen LogP) is 1.58. The molecule has 3 aliphatic rings. The van der Waals surface area contributed by atoms with Gasteiger partial charge < -0.3 is 15.4 Å². The molecule has 0 aliphatic carbocycles. The first-order valence-electron chi connectivity index (χ1n) is 10.5. The number of nitrogens with zero attached hydrogens (tertiary/aromatic N) is 3. The molecule has 3 saturated heterocycles. The third kappa shape index (κ3) is 3.88. The second-order valence-corrected chi connectivity index (χ2v) is 8.25. The lowest BCUT2D eigenvalue weighted by atomic mass is 9.84. The van der Waals surface area contributed by atoms with E-state index >= 15 is 0 Å². The summed E-state index contributed by atoms with van der Waals surface area (Å²) in [5.41, 5.74) is 6.98. The number of carbonyl (C=O) groups is 1. The molecule has 0 radical (unpaired) electrons. The van der Waals surface area contributed by atoms with Gasteiger partial charge in [0, 0.05) is 45.8 Å². The monoisotopic (exact) mass is 390 g/mol. The summed E-state index contributed by atoms with van der Waals surface area (Å²) in [6.45, 7) is 6.99. The van der Waals surface area contributed by atoms with Gasteiger partial charge in [-0.05, 0) is 43.4 Å². The van der Waals surface area contributed by atoms with Crippen LogP contribution in [-0.2, 0) is 16.1 Å². The van der Waals surface area contributed by atoms with Crippen molar-refractivity contribution in [3.05, 3.63) is 29.6 Å². The fourth-order valence-electron chi connectivity index (χ4n) is 4.91. The van der Waals surface area contributed by atoms with Gasteiger partial charge in [-0.1, -0.05) is 6.07 Å². The standard InChI is InChI=1S/C21H31FN4O2/c22-18-15-17(3-4-19(18)25-7-1-2-8-25)16-24-9-5-21(6-10-24,20(23)27)26-11-13-28-14-12-26/h3-4,15H,1-2,5-14,16H2,(H2,23,27). The summed E-state index contributed by atoms with van der Waals surface area (Å²) < 4.78 is 20.0. The molecule has 3 fully saturated rings. The number of benzene rings is 1. The number of nitrogens with two attached hydrogens (primary N) is 1. The number of amides is 1. The predicted molar refractivity (Wildman–Crippen MR) is 107 cm³/mol. The number of rotatable bonds is 5. The van der Waals surface area contributed by atoms with Crippen molar-refractivity contribution in [2.75, 3.05) is 57.4 Å². The van der Waals surface area contributed by atoms with E-state index in [1.54, 1.807) is 6.07 Å². The van der Waals surface area contributed by atoms with Gasteiger partial charge in [0.1, 0.15) is 11.4 Å². The summed E-state index contributed by atoms with van der Waals surface area (Å²) in [5.74, 6) is -0.355. The summed E-state index contributed by atoms with van der Waals surface area (Å²) >= 11 is 0. The van der Waals surface area contributed by atoms with E-state index in [9.17, 15) is 9.18 Å². The quantitative estimate of drug-likeness (QED) is 0.827. The Hall–Kier alpha value is -1.70. The highest BCUT2D eigenvalue weighted by Gasteiger charge is 2.45. The molecule has 0 atom stereocenters. The van der Waals surface area contributed by atoms with Crippen molar-refractivity contribution in [1.29, 1.82) is 0 Å². The van der Waals surface area contributed by atoms with Crippen molar-refractivity contribution in [2.24, 2.45) is 5.73 Å². The highest BCUT2D eigenvalue weighted by Crippen LogP contribution is 2.31. The molecule has 4 rings (SSSR count). The zero-order valence-electron chi connectivity index (χ0n) is 16.5. The van der Waals surface area contributed by atoms with Crippen LogP contribution >= 0.6 is 0 Å². The number of hydrogen-bond acceptors (Lipinski definition) is 5. The molecular weight excluding hydrogens is 359 g/mol. The van der Waals surface area contributed by atoms with Gasteiger partial charge in [0.25, 0.3) is 0 Å². The van der Waals surface area contributed by atoms with Crippen LogP contribution in [0.1, 0.15) is 31.2 Å². The largest absolute Gasteiger partial charge is 0.379 e. The third-order valence-corrected chi connectivity index (χ3v) is 6.62. The fourth-order valence-corrected chi connectivity index (χ4v) is 4.91. The molecule has 1 aromatic carbocycles. The van der Waals surface area contributed by atoms with E-state index in [0.29, 0.717) is 19.8 Å². The average Bonchev–Trinajstić information content (AvgIpc) is 3.24. The van der Waals surface area contributed by atoms with E-state index in [4.69, 9.17) is 10.5 Å². The minimum Gasteiger partial charge on any atom is -0.379 e. The van der Waals surface area contributed by atoms with E-state index in [-0.39, 0.29) is 11.7 Å². The van der Waals surface area contributed by atoms with Gasteiger partial charge in [-0.3, -0.25) is 14.6 Å². The highest BCUT2D eigenvalue weighted by atomic mass is 19.1. The number of hydrogen-bond donors (Lipinski definition) is 1. The van der Waals surface area contributed by atoms with Crippen molar-refractivity contribution in [3.8, 4) is 0 Å². The summed E-state index contributed by atoms with van der Waals surface area (Å²) in [7, 11) is 0. The SMILES string of the molecule is NC(=O)C1(N2CCOCC2)CCN(Cc2ccc(N3CCCC3)c(F)c2)CC1. The minimum absolute atomic E-state index is 0.129. The number of morpholine rings is 1. The Morgan fingerprint density at radius 2 is 1.75 bits per heavy atom. The van der Waals surface area contributed by atoms with Gasteiger partial charge in [0.05, 0.1) is 18.9 Å². The maximum absolute atomic E-state index is 14.6. The van der Waals surface area contributed by atoms with Crippen LogP contribution < -0.4 is 10.6 Å². The van der Waals surface area contributed by atoms with Crippen molar-refractivity contribution < 1.29 is 13.9 Å². The molecule has 154 valence electrons. The van der Waals surface area contributed by atoms with Gasteiger partial charge in [-0.15, -0.1) is 0 Å². The van der Waals surface area contributed by atoms with Crippen LogP contribution in [-0.4, -0.2) is 73.7 Å². The maximum Gasteiger partial charge on any atom is 0.238 e. The lowest BCUT2D eigenvalue weighted by Crippen LogP contribution is -2.64. The number of primary amides is 1. The van der Waals surface area contributed by atoms with E-state index in [1.807, 2.05) is 12.1 Å². The summed E-state index contributed by atoms with van der Waals surface area (Å²) in [6.07, 6.45) is 3.72. The number of carbonyl (C=O) groups excluding carboxylic acids is 1. The normalized spacial score (nSPS) is 23.8. The first-order chi connectivity index (χ1) is 13.6. The van der Waals surface area contributed by atoms with Gasteiger partial charge in [-0.25, -0.2) is 4.39 Å². The number of halogens is 1. The van der Waals surface area contributed by atoms with E-state index in [2.05, 4.69) is 14.7 Å². The topological polar surface area (TPSA) is 62.0 Å². The molecular formula is C21H31FN4O2. The number of anilines is 1. The fraction of sp³-hybridized carbons (Fsp3) is 0.667. The van der Waals surface area contributed by atoms with Crippen LogP contribution in [0.3, 0.4) is 0 Å². The van der Waals surface area contributed by atoms with Crippen LogP contribution in [0.15, 0.2) is 18.2 Å². The Morgan fingerprint density at radius 1 is 1.07 bits per heavy atom. The molecule has 7 heteroatoms. The summed E-state index contributed by atoms with van der Waals surface area (Å²) in [5, 5.41) is 0. The van der Waals surface area contributed by atoms with Crippen molar-refractivity contribution >= 4 is 11.6 Å². The van der Waals surface area contributed by atoms with Gasteiger partial charge in [0.2, 0.25) is 5.91 Å². The molecule has 6 nitrogen and oxygen atoms in total. The molecule has 3 heterocycles. The molecule has 2 N–H and O–H groups in total. The Balaban J connectivity index is 1.38. The Labute approximate surface area is 166 Å². The molecule has 28 heavy (non-hydrogen) atoms. The summed E-state index contributed by atoms with van der Waals surface area (Å²) in [6, 6.07) is 5.63. The van der Waals surface area contributed by atoms with Crippen molar-refractivity contribution in [2.45, 2.75) is 37.8 Å². The Morgan fingerprint density at radius 3 is 2.36 bits per heavy atom. The lowest BCUT2D eigenvalue weighted by Gasteiger charge is -2.48. The van der Waals surface area contributed by atoms with Crippen LogP contribution in [0.2, 0.25) is 0 Å². The zero-order chi connectivity index (χ0) is 19.6. The summed E-state index contributed by atoms with van der Waals surface area (Å²) in [4.78, 5) is 19.0. The Kier molecular flexibility index (Phi) is 5.85. The molecule has 1 amide bonds. The van der Waals surface area contributed by atoms with E-state index < -0.39 is 5.54 Å². The van der Waals surface area contributed by atoms with Crippen LogP contribution in [0.4, 0.5) is 10.1 Å². The molecule has 0 bridgehead atoms. The molecule has 0 saturated carbocycles. The Bertz CT molecular complexity index is 694. The van der Waals surface area contributed by atoms with Crippen molar-refractivity contribution in [3.63, 3.8) is 0 Å². The molecule has 0 unspecified atom stereocenters. The van der Waals surface area contributed by atoms with E-state index in [0.717, 1.165) is 76.2 Å². The van der Waals surface area contributed by atoms with Gasteiger partial charge in [-0.2, -0.15) is 0 Å². The lowest BCUT2D eigenvalue weighted by molar-refractivity contribution is -0.138. The minimum atomic E-state index is -0.564. The molecule has 0 aromatic heterocycles. The maximum atomic E-state index is 14.6. The van der Waals surface area contributed by atoms with Gasteiger partial charge >= 0.3 is 0 Å². The zero-order valence-corrected chi connectivity index (χ0v) is 16.5. The number of ether oxygens (including phenoxy) is 1. The molecule has 0 spiro atoms. The van der Waals surface area contributed by atoms with Crippen LogP contribution in [0.25, 0.3) is 0 Å². The molecule has 1 aromatic rings. The first kappa shape index (κ1) is 19.6. The highest BCUT2D eigenvalue weighted by molar-refractivity contribution is 5.84. The van der Waals surface area contributed by atoms with Crippen LogP contribution in [0.5, 0.6) is 0 Å². The first-order valence-corrected chi connectivity index (χ1v) is 10.5. The van der Waals surface area contributed by atoms with E-state index in [1.165, 1.54) is 0 Å². The second-order valence-electron chi connectivity index (χ2n) is 8.25. The second kappa shape index (κ2) is 8.35. The average molecular weight is 391 g/mol. The number of likely N-dealkylation sites (tertiary alicyclic amines) is 1. The molecule has 3 aliphatic heterocycles. The van der Waals surface area contributed by atoms with Crippen molar-refractivity contribution in [1.82, 2.24) is 9.80 Å². The van der Waals surface area contributed by atoms with Gasteiger partial charge in [0.15, 0.2) is 0 Å². The smallest absolute Gasteiger partial charge is 0.238 e. The van der Waals surface area contributed by atoms with Crippen LogP contribution in [0, 0.1) is 5.82 Å². The number of piperidine rings is 1. The third-order valence-electron chi connectivity index (χ3n) is 6.62.